The molecule has 1 saturated heterocycles. The van der Waals surface area contributed by atoms with Gasteiger partial charge in [-0.25, -0.2) is 0 Å². The highest BCUT2D eigenvalue weighted by molar-refractivity contribution is 5.52. The molecule has 3 heteroatoms. The van der Waals surface area contributed by atoms with E-state index in [4.69, 9.17) is 0 Å². The lowest BCUT2D eigenvalue weighted by Gasteiger charge is -2.28. The molecule has 0 amide bonds. The second-order valence-electron chi connectivity index (χ2n) is 5.42. The highest BCUT2D eigenvalue weighted by Gasteiger charge is 2.11. The third kappa shape index (κ3) is 3.50. The Bertz CT molecular complexity index is 472. The Morgan fingerprint density at radius 1 is 1.05 bits per heavy atom. The van der Waals surface area contributed by atoms with Crippen LogP contribution in [0.3, 0.4) is 0 Å². The van der Waals surface area contributed by atoms with Gasteiger partial charge in [-0.05, 0) is 30.2 Å². The summed E-state index contributed by atoms with van der Waals surface area (Å²) in [4.78, 5) is 4.84. The molecule has 2 aliphatic rings. The van der Waals surface area contributed by atoms with Gasteiger partial charge in [-0.1, -0.05) is 24.3 Å². The summed E-state index contributed by atoms with van der Waals surface area (Å²) in [5.74, 6) is 0. The zero-order chi connectivity index (χ0) is 13.6. The lowest BCUT2D eigenvalue weighted by atomic mass is 10.1. The summed E-state index contributed by atoms with van der Waals surface area (Å²) in [7, 11) is 0. The molecule has 2 heterocycles. The van der Waals surface area contributed by atoms with Gasteiger partial charge in [0.05, 0.1) is 0 Å². The molecule has 2 aliphatic heterocycles. The van der Waals surface area contributed by atoms with Crippen LogP contribution in [-0.2, 0) is 0 Å². The number of rotatable bonds is 4. The molecule has 0 unspecified atom stereocenters. The Balaban J connectivity index is 1.49. The van der Waals surface area contributed by atoms with Gasteiger partial charge in [0, 0.05) is 51.2 Å². The maximum atomic E-state index is 3.40. The number of benzene rings is 1. The van der Waals surface area contributed by atoms with E-state index >= 15 is 0 Å². The van der Waals surface area contributed by atoms with E-state index in [2.05, 4.69) is 63.8 Å². The minimum absolute atomic E-state index is 0.984. The molecule has 3 nitrogen and oxygen atoms in total. The standard InChI is InChI=1S/C17H23N3/c1-2-4-17(5-3-1)20-12-7-16(8-13-20)6-11-19-14-9-18-10-15-19/h1-5,7-8,12,18H,6,9-11,13-15H2. The fourth-order valence-electron chi connectivity index (χ4n) is 2.75. The molecule has 0 aromatic heterocycles. The molecule has 3 rings (SSSR count). The van der Waals surface area contributed by atoms with Crippen molar-refractivity contribution in [3.8, 4) is 0 Å². The Kier molecular flexibility index (Phi) is 4.51. The molecule has 1 aromatic rings. The third-order valence-electron chi connectivity index (χ3n) is 4.03. The van der Waals surface area contributed by atoms with Gasteiger partial charge in [0.2, 0.25) is 0 Å². The van der Waals surface area contributed by atoms with Crippen LogP contribution >= 0.6 is 0 Å². The average Bonchev–Trinajstić information content (AvgIpc) is 2.55. The van der Waals surface area contributed by atoms with Crippen molar-refractivity contribution in [1.29, 1.82) is 0 Å². The maximum absolute atomic E-state index is 3.40. The first-order valence-corrected chi connectivity index (χ1v) is 7.54. The van der Waals surface area contributed by atoms with Gasteiger partial charge in [-0.3, -0.25) is 0 Å². The van der Waals surface area contributed by atoms with Gasteiger partial charge < -0.3 is 15.1 Å². The van der Waals surface area contributed by atoms with Crippen molar-refractivity contribution < 1.29 is 0 Å². The summed E-state index contributed by atoms with van der Waals surface area (Å²) in [6.45, 7) is 6.81. The average molecular weight is 269 g/mol. The van der Waals surface area contributed by atoms with E-state index in [1.54, 1.807) is 0 Å². The fraction of sp³-hybridized carbons (Fsp3) is 0.412. The molecule has 106 valence electrons. The second kappa shape index (κ2) is 6.73. The van der Waals surface area contributed by atoms with E-state index in [1.807, 2.05) is 0 Å². The number of nitrogens with zero attached hydrogens (tertiary/aromatic N) is 2. The van der Waals surface area contributed by atoms with Gasteiger partial charge >= 0.3 is 0 Å². The zero-order valence-electron chi connectivity index (χ0n) is 12.0. The Labute approximate surface area is 121 Å². The largest absolute Gasteiger partial charge is 0.344 e. The van der Waals surface area contributed by atoms with Crippen molar-refractivity contribution in [3.63, 3.8) is 0 Å². The van der Waals surface area contributed by atoms with E-state index < -0.39 is 0 Å². The monoisotopic (exact) mass is 269 g/mol. The normalized spacial score (nSPS) is 20.0. The number of hydrogen-bond donors (Lipinski definition) is 1. The number of para-hydroxylation sites is 1. The van der Waals surface area contributed by atoms with Gasteiger partial charge in [0.1, 0.15) is 0 Å². The van der Waals surface area contributed by atoms with Crippen molar-refractivity contribution >= 4 is 5.69 Å². The van der Waals surface area contributed by atoms with Gasteiger partial charge in [0.25, 0.3) is 0 Å². The van der Waals surface area contributed by atoms with E-state index in [-0.39, 0.29) is 0 Å². The summed E-state index contributed by atoms with van der Waals surface area (Å²) in [5.41, 5.74) is 2.73. The number of allylic oxidation sites excluding steroid dienone is 1. The smallest absolute Gasteiger partial charge is 0.0411 e. The number of hydrogen-bond acceptors (Lipinski definition) is 3. The quantitative estimate of drug-likeness (QED) is 0.904. The van der Waals surface area contributed by atoms with Crippen LogP contribution in [0.15, 0.2) is 54.3 Å². The molecular weight excluding hydrogens is 246 g/mol. The molecular formula is C17H23N3. The van der Waals surface area contributed by atoms with Crippen LogP contribution in [0, 0.1) is 0 Å². The van der Waals surface area contributed by atoms with Crippen LogP contribution < -0.4 is 10.2 Å². The van der Waals surface area contributed by atoms with Crippen LogP contribution in [0.25, 0.3) is 0 Å². The molecule has 0 spiro atoms. The summed E-state index contributed by atoms with van der Waals surface area (Å²) < 4.78 is 0. The van der Waals surface area contributed by atoms with Crippen LogP contribution in [-0.4, -0.2) is 44.2 Å². The number of piperazine rings is 1. The van der Waals surface area contributed by atoms with E-state index in [1.165, 1.54) is 37.3 Å². The van der Waals surface area contributed by atoms with Gasteiger partial charge in [-0.15, -0.1) is 0 Å². The summed E-state index contributed by atoms with van der Waals surface area (Å²) >= 11 is 0. The molecule has 0 aliphatic carbocycles. The first-order valence-electron chi connectivity index (χ1n) is 7.54. The van der Waals surface area contributed by atoms with E-state index in [0.29, 0.717) is 0 Å². The highest BCUT2D eigenvalue weighted by atomic mass is 15.2. The second-order valence-corrected chi connectivity index (χ2v) is 5.42. The first-order chi connectivity index (χ1) is 9.92. The Hall–Kier alpha value is -1.58. The van der Waals surface area contributed by atoms with Gasteiger partial charge in [0.15, 0.2) is 0 Å². The lowest BCUT2D eigenvalue weighted by Crippen LogP contribution is -2.43. The van der Waals surface area contributed by atoms with E-state index in [0.717, 1.165) is 19.6 Å². The summed E-state index contributed by atoms with van der Waals surface area (Å²) in [5, 5.41) is 3.40. The van der Waals surface area contributed by atoms with Crippen LogP contribution in [0.1, 0.15) is 6.42 Å². The number of nitrogens with one attached hydrogen (secondary N) is 1. The zero-order valence-corrected chi connectivity index (χ0v) is 12.0. The number of anilines is 1. The van der Waals surface area contributed by atoms with Crippen molar-refractivity contribution in [3.05, 3.63) is 54.3 Å². The van der Waals surface area contributed by atoms with Crippen LogP contribution in [0.5, 0.6) is 0 Å². The first kappa shape index (κ1) is 13.4. The fourth-order valence-corrected chi connectivity index (χ4v) is 2.75. The minimum atomic E-state index is 0.984. The third-order valence-corrected chi connectivity index (χ3v) is 4.03. The summed E-state index contributed by atoms with van der Waals surface area (Å²) in [6, 6.07) is 10.6. The van der Waals surface area contributed by atoms with Crippen LogP contribution in [0.2, 0.25) is 0 Å². The van der Waals surface area contributed by atoms with Crippen LogP contribution in [0.4, 0.5) is 5.69 Å². The Morgan fingerprint density at radius 3 is 2.55 bits per heavy atom. The minimum Gasteiger partial charge on any atom is -0.344 e. The summed E-state index contributed by atoms with van der Waals surface area (Å²) in [6.07, 6.45) is 8.00. The predicted octanol–water partition coefficient (Wildman–Crippen LogP) is 2.24. The molecule has 1 fully saturated rings. The molecule has 20 heavy (non-hydrogen) atoms. The topological polar surface area (TPSA) is 18.5 Å². The molecule has 1 N–H and O–H groups in total. The van der Waals surface area contributed by atoms with Gasteiger partial charge in [-0.2, -0.15) is 0 Å². The predicted molar refractivity (Wildman–Crippen MR) is 84.9 cm³/mol. The molecule has 0 bridgehead atoms. The van der Waals surface area contributed by atoms with Crippen molar-refractivity contribution in [2.75, 3.05) is 44.2 Å². The maximum Gasteiger partial charge on any atom is 0.0411 e. The molecule has 0 atom stereocenters. The molecule has 1 aromatic carbocycles. The SMILES string of the molecule is C1=CN(c2ccccc2)CC=C1CCN1CCNCC1. The van der Waals surface area contributed by atoms with Crippen molar-refractivity contribution in [1.82, 2.24) is 10.2 Å². The van der Waals surface area contributed by atoms with Crippen molar-refractivity contribution in [2.45, 2.75) is 6.42 Å². The molecule has 0 saturated carbocycles. The lowest BCUT2D eigenvalue weighted by molar-refractivity contribution is 0.244. The van der Waals surface area contributed by atoms with Crippen molar-refractivity contribution in [2.24, 2.45) is 0 Å². The Morgan fingerprint density at radius 2 is 1.85 bits per heavy atom. The highest BCUT2D eigenvalue weighted by Crippen LogP contribution is 2.19. The van der Waals surface area contributed by atoms with E-state index in [9.17, 15) is 0 Å². The molecule has 0 radical (unpaired) electrons.